The summed E-state index contributed by atoms with van der Waals surface area (Å²) in [5.74, 6) is -1.23. The molecule has 2 rings (SSSR count). The van der Waals surface area contributed by atoms with Gasteiger partial charge in [-0.3, -0.25) is 4.79 Å². The van der Waals surface area contributed by atoms with E-state index < -0.39 is 17.9 Å². The van der Waals surface area contributed by atoms with Crippen LogP contribution in [0.1, 0.15) is 19.3 Å². The van der Waals surface area contributed by atoms with Gasteiger partial charge in [-0.15, -0.1) is 0 Å². The number of nitrogens with one attached hydrogen (secondary N) is 2. The van der Waals surface area contributed by atoms with Crippen molar-refractivity contribution in [2.24, 2.45) is 5.92 Å². The van der Waals surface area contributed by atoms with Crippen LogP contribution in [0.15, 0.2) is 12.1 Å². The van der Waals surface area contributed by atoms with Crippen LogP contribution in [0.3, 0.4) is 0 Å². The average molecular weight is 352 g/mol. The number of urea groups is 1. The van der Waals surface area contributed by atoms with E-state index in [-0.39, 0.29) is 21.8 Å². The molecule has 1 aromatic carbocycles. The Balaban J connectivity index is 1.96. The Labute approximate surface area is 136 Å². The monoisotopic (exact) mass is 350 g/mol. The third-order valence-electron chi connectivity index (χ3n) is 3.36. The number of amides is 2. The van der Waals surface area contributed by atoms with Crippen molar-refractivity contribution in [3.63, 3.8) is 0 Å². The summed E-state index contributed by atoms with van der Waals surface area (Å²) >= 11 is 17.7. The van der Waals surface area contributed by atoms with Crippen LogP contribution >= 0.6 is 34.8 Å². The molecule has 1 saturated carbocycles. The molecule has 0 aromatic heterocycles. The fourth-order valence-electron chi connectivity index (χ4n) is 2.33. The third-order valence-corrected chi connectivity index (χ3v) is 4.18. The number of carbonyl (C=O) groups excluding carboxylic acids is 1. The first kappa shape index (κ1) is 16.2. The molecule has 1 fully saturated rings. The molecule has 1 aliphatic carbocycles. The van der Waals surface area contributed by atoms with Crippen LogP contribution in [0.5, 0.6) is 0 Å². The summed E-state index contributed by atoms with van der Waals surface area (Å²) in [6, 6.07) is 2.30. The van der Waals surface area contributed by atoms with Gasteiger partial charge in [0, 0.05) is 11.1 Å². The van der Waals surface area contributed by atoms with Crippen LogP contribution in [0.2, 0.25) is 15.1 Å². The first-order valence-electron chi connectivity index (χ1n) is 6.31. The van der Waals surface area contributed by atoms with Crippen LogP contribution < -0.4 is 10.6 Å². The SMILES string of the molecule is O=C(Nc1c(Cl)cc(Cl)cc1Cl)NC1CCC(C(=O)O)C1. The maximum Gasteiger partial charge on any atom is 0.319 e. The van der Waals surface area contributed by atoms with Gasteiger partial charge in [0.05, 0.1) is 21.7 Å². The standard InChI is InChI=1S/C13H13Cl3N2O3/c14-7-4-9(15)11(10(16)5-7)18-13(21)17-8-2-1-6(3-8)12(19)20/h4-6,8H,1-3H2,(H,19,20)(H2,17,18,21). The largest absolute Gasteiger partial charge is 0.481 e. The molecular weight excluding hydrogens is 339 g/mol. The van der Waals surface area contributed by atoms with E-state index in [2.05, 4.69) is 10.6 Å². The molecule has 2 atom stereocenters. The number of aliphatic carboxylic acids is 1. The lowest BCUT2D eigenvalue weighted by molar-refractivity contribution is -0.141. The smallest absolute Gasteiger partial charge is 0.319 e. The van der Waals surface area contributed by atoms with E-state index in [0.717, 1.165) is 0 Å². The van der Waals surface area contributed by atoms with Crippen LogP contribution in [-0.2, 0) is 4.79 Å². The van der Waals surface area contributed by atoms with Gasteiger partial charge in [-0.25, -0.2) is 4.79 Å². The van der Waals surface area contributed by atoms with Crippen molar-refractivity contribution in [2.75, 3.05) is 5.32 Å². The third kappa shape index (κ3) is 4.15. The fourth-order valence-corrected chi connectivity index (χ4v) is 3.24. The van der Waals surface area contributed by atoms with Crippen molar-refractivity contribution in [1.29, 1.82) is 0 Å². The zero-order valence-corrected chi connectivity index (χ0v) is 13.1. The van der Waals surface area contributed by atoms with E-state index in [1.165, 1.54) is 12.1 Å². The van der Waals surface area contributed by atoms with E-state index in [9.17, 15) is 9.59 Å². The highest BCUT2D eigenvalue weighted by molar-refractivity contribution is 6.42. The van der Waals surface area contributed by atoms with Crippen LogP contribution in [0.4, 0.5) is 10.5 Å². The quantitative estimate of drug-likeness (QED) is 0.769. The van der Waals surface area contributed by atoms with Gasteiger partial charge in [0.1, 0.15) is 0 Å². The summed E-state index contributed by atoms with van der Waals surface area (Å²) < 4.78 is 0. The molecule has 114 valence electrons. The fraction of sp³-hybridized carbons (Fsp3) is 0.385. The number of benzene rings is 1. The minimum absolute atomic E-state index is 0.170. The molecule has 0 heterocycles. The zero-order valence-electron chi connectivity index (χ0n) is 10.8. The molecule has 1 aromatic rings. The molecule has 0 aliphatic heterocycles. The lowest BCUT2D eigenvalue weighted by Crippen LogP contribution is -2.36. The molecule has 8 heteroatoms. The predicted molar refractivity (Wildman–Crippen MR) is 82.4 cm³/mol. The van der Waals surface area contributed by atoms with Gasteiger partial charge in [-0.05, 0) is 31.4 Å². The first-order chi connectivity index (χ1) is 9.86. The van der Waals surface area contributed by atoms with E-state index in [4.69, 9.17) is 39.9 Å². The van der Waals surface area contributed by atoms with E-state index in [0.29, 0.717) is 24.3 Å². The number of hydrogen-bond donors (Lipinski definition) is 3. The number of halogens is 3. The highest BCUT2D eigenvalue weighted by atomic mass is 35.5. The summed E-state index contributed by atoms with van der Waals surface area (Å²) in [5, 5.41) is 15.0. The Morgan fingerprint density at radius 2 is 1.76 bits per heavy atom. The minimum atomic E-state index is -0.830. The van der Waals surface area contributed by atoms with E-state index >= 15 is 0 Å². The van der Waals surface area contributed by atoms with E-state index in [1.54, 1.807) is 0 Å². The van der Waals surface area contributed by atoms with Gasteiger partial charge in [-0.1, -0.05) is 34.8 Å². The van der Waals surface area contributed by atoms with E-state index in [1.807, 2.05) is 0 Å². The molecular formula is C13H13Cl3N2O3. The number of hydrogen-bond acceptors (Lipinski definition) is 2. The van der Waals surface area contributed by atoms with Crippen LogP contribution in [-0.4, -0.2) is 23.1 Å². The molecule has 2 amide bonds. The molecule has 21 heavy (non-hydrogen) atoms. The summed E-state index contributed by atoms with van der Waals surface area (Å²) in [6.45, 7) is 0. The van der Waals surface area contributed by atoms with Crippen molar-refractivity contribution in [2.45, 2.75) is 25.3 Å². The molecule has 3 N–H and O–H groups in total. The summed E-state index contributed by atoms with van der Waals surface area (Å²) in [6.07, 6.45) is 1.61. The molecule has 0 radical (unpaired) electrons. The Kier molecular flexibility index (Phi) is 5.19. The lowest BCUT2D eigenvalue weighted by Gasteiger charge is -2.15. The number of carboxylic acids is 1. The van der Waals surface area contributed by atoms with Gasteiger partial charge < -0.3 is 15.7 Å². The summed E-state index contributed by atoms with van der Waals surface area (Å²) in [7, 11) is 0. The molecule has 2 unspecified atom stereocenters. The van der Waals surface area contributed by atoms with Crippen molar-refractivity contribution >= 4 is 52.5 Å². The zero-order chi connectivity index (χ0) is 15.6. The molecule has 5 nitrogen and oxygen atoms in total. The second-order valence-corrected chi connectivity index (χ2v) is 6.14. The van der Waals surface area contributed by atoms with Crippen molar-refractivity contribution in [3.05, 3.63) is 27.2 Å². The van der Waals surface area contributed by atoms with Gasteiger partial charge >= 0.3 is 12.0 Å². The Bertz CT molecular complexity index is 557. The highest BCUT2D eigenvalue weighted by Crippen LogP contribution is 2.33. The lowest BCUT2D eigenvalue weighted by atomic mass is 10.1. The maximum absolute atomic E-state index is 11.9. The van der Waals surface area contributed by atoms with Crippen molar-refractivity contribution in [1.82, 2.24) is 5.32 Å². The number of carbonyl (C=O) groups is 2. The topological polar surface area (TPSA) is 78.4 Å². The second-order valence-electron chi connectivity index (χ2n) is 4.89. The van der Waals surface area contributed by atoms with Gasteiger partial charge in [0.15, 0.2) is 0 Å². The summed E-state index contributed by atoms with van der Waals surface area (Å²) in [4.78, 5) is 22.8. The van der Waals surface area contributed by atoms with Crippen molar-refractivity contribution < 1.29 is 14.7 Å². The van der Waals surface area contributed by atoms with Gasteiger partial charge in [0.25, 0.3) is 0 Å². The highest BCUT2D eigenvalue weighted by Gasteiger charge is 2.30. The molecule has 1 aliphatic rings. The predicted octanol–water partition coefficient (Wildman–Crippen LogP) is 4.02. The maximum atomic E-state index is 11.9. The first-order valence-corrected chi connectivity index (χ1v) is 7.45. The van der Waals surface area contributed by atoms with Gasteiger partial charge in [-0.2, -0.15) is 0 Å². The molecule has 0 bridgehead atoms. The Morgan fingerprint density at radius 3 is 2.29 bits per heavy atom. The van der Waals surface area contributed by atoms with Crippen LogP contribution in [0, 0.1) is 5.92 Å². The Hall–Kier alpha value is -1.17. The number of carboxylic acid groups (broad SMARTS) is 1. The average Bonchev–Trinajstić information content (AvgIpc) is 2.82. The molecule has 0 spiro atoms. The van der Waals surface area contributed by atoms with Crippen LogP contribution in [0.25, 0.3) is 0 Å². The Morgan fingerprint density at radius 1 is 1.14 bits per heavy atom. The second kappa shape index (κ2) is 6.73. The number of rotatable bonds is 3. The number of anilines is 1. The summed E-state index contributed by atoms with van der Waals surface area (Å²) in [5.41, 5.74) is 0.271. The van der Waals surface area contributed by atoms with Crippen molar-refractivity contribution in [3.8, 4) is 0 Å². The molecule has 0 saturated heterocycles. The van der Waals surface area contributed by atoms with Gasteiger partial charge in [0.2, 0.25) is 0 Å². The normalized spacial score (nSPS) is 21.1. The minimum Gasteiger partial charge on any atom is -0.481 e.